The molecule has 4 aliphatic rings. The van der Waals surface area contributed by atoms with Crippen LogP contribution in [0.1, 0.15) is 81.1 Å². The minimum Gasteiger partial charge on any atom is -0.507 e. The molecule has 0 aliphatic carbocycles. The summed E-state index contributed by atoms with van der Waals surface area (Å²) < 4.78 is 5.86. The van der Waals surface area contributed by atoms with E-state index < -0.39 is 18.1 Å². The quantitative estimate of drug-likeness (QED) is 0.111. The second-order valence-corrected chi connectivity index (χ2v) is 19.2. The van der Waals surface area contributed by atoms with Crippen LogP contribution < -0.4 is 15.5 Å². The fourth-order valence-corrected chi connectivity index (χ4v) is 11.0. The van der Waals surface area contributed by atoms with E-state index >= 15 is 0 Å². The molecule has 0 radical (unpaired) electrons. The van der Waals surface area contributed by atoms with Gasteiger partial charge < -0.3 is 40.1 Å². The molecule has 0 bridgehead atoms. The van der Waals surface area contributed by atoms with Gasteiger partial charge in [-0.3, -0.25) is 14.5 Å². The summed E-state index contributed by atoms with van der Waals surface area (Å²) in [6.45, 7) is 14.8. The largest absolute Gasteiger partial charge is 0.507 e. The van der Waals surface area contributed by atoms with E-state index in [0.717, 1.165) is 110 Å². The number of amides is 2. The van der Waals surface area contributed by atoms with Crippen molar-refractivity contribution in [3.63, 3.8) is 0 Å². The van der Waals surface area contributed by atoms with Gasteiger partial charge >= 0.3 is 0 Å². The molecular weight excluding hydrogens is 829 g/mol. The van der Waals surface area contributed by atoms with Gasteiger partial charge in [-0.05, 0) is 94.4 Å². The van der Waals surface area contributed by atoms with Crippen LogP contribution in [0.25, 0.3) is 21.7 Å². The number of aliphatic hydroxyl groups is 1. The van der Waals surface area contributed by atoms with Crippen LogP contribution in [0.2, 0.25) is 0 Å². The lowest BCUT2D eigenvalue weighted by atomic mass is 9.91. The molecule has 0 saturated carbocycles. The molecule has 7 heterocycles. The van der Waals surface area contributed by atoms with E-state index in [4.69, 9.17) is 4.52 Å². The Bertz CT molecular complexity index is 2420. The average Bonchev–Trinajstić information content (AvgIpc) is 4.06. The van der Waals surface area contributed by atoms with E-state index in [-0.39, 0.29) is 42.5 Å². The molecule has 0 spiro atoms. The Hall–Kier alpha value is -5.42. The number of β-amino-alcohol motifs (C(OH)–C–C–N with tert-alkyl or cyclic N) is 1. The van der Waals surface area contributed by atoms with E-state index in [1.165, 1.54) is 4.90 Å². The number of aromatic nitrogens is 4. The molecule has 3 saturated heterocycles. The fourth-order valence-electron chi connectivity index (χ4n) is 10.2. The van der Waals surface area contributed by atoms with Gasteiger partial charge in [-0.15, -0.1) is 21.5 Å². The molecule has 2 aromatic carbocycles. The number of piperazine rings is 1. The van der Waals surface area contributed by atoms with Crippen LogP contribution in [0.3, 0.4) is 0 Å². The Morgan fingerprint density at radius 2 is 1.78 bits per heavy atom. The number of nitrogens with zero attached hydrogens (tertiary/aromatic N) is 8. The zero-order valence-corrected chi connectivity index (χ0v) is 38.0. The van der Waals surface area contributed by atoms with E-state index in [1.54, 1.807) is 17.4 Å². The normalized spacial score (nSPS) is 21.6. The van der Waals surface area contributed by atoms with Gasteiger partial charge in [-0.1, -0.05) is 55.4 Å². The van der Waals surface area contributed by atoms with E-state index in [9.17, 15) is 19.8 Å². The van der Waals surface area contributed by atoms with Crippen LogP contribution in [0, 0.1) is 12.8 Å². The van der Waals surface area contributed by atoms with Crippen LogP contribution in [-0.4, -0.2) is 134 Å². The van der Waals surface area contributed by atoms with Gasteiger partial charge in [0.15, 0.2) is 5.82 Å². The topological polar surface area (TPSA) is 176 Å². The molecular formula is C48H60N10O5S. The van der Waals surface area contributed by atoms with Crippen molar-refractivity contribution >= 4 is 34.7 Å². The number of hydrogen-bond donors (Lipinski definition) is 4. The van der Waals surface area contributed by atoms with Crippen molar-refractivity contribution in [3.8, 4) is 27.4 Å². The van der Waals surface area contributed by atoms with Crippen LogP contribution >= 0.6 is 11.3 Å². The first-order valence-corrected chi connectivity index (χ1v) is 23.8. The highest BCUT2D eigenvalue weighted by Gasteiger charge is 2.44. The number of hydrogen-bond acceptors (Lipinski definition) is 14. The number of anilines is 2. The number of aromatic hydroxyl groups is 1. The number of carbonyl (C=O) groups is 2. The number of likely N-dealkylation sites (tertiary alicyclic amines) is 2. The number of benzene rings is 2. The van der Waals surface area contributed by atoms with Gasteiger partial charge in [-0.25, -0.2) is 4.98 Å². The molecule has 338 valence electrons. The predicted octanol–water partition coefficient (Wildman–Crippen LogP) is 5.86. The molecule has 3 aromatic heterocycles. The first-order valence-electron chi connectivity index (χ1n) is 22.9. The van der Waals surface area contributed by atoms with Crippen molar-refractivity contribution in [2.45, 2.75) is 96.0 Å². The second kappa shape index (κ2) is 19.0. The number of aliphatic hydroxyl groups excluding tert-OH is 1. The average molecular weight is 889 g/mol. The van der Waals surface area contributed by atoms with Gasteiger partial charge in [0.05, 0.1) is 51.3 Å². The highest BCUT2D eigenvalue weighted by molar-refractivity contribution is 7.13. The summed E-state index contributed by atoms with van der Waals surface area (Å²) in [5.41, 5.74) is 8.10. The smallest absolute Gasteiger partial charge is 0.243 e. The van der Waals surface area contributed by atoms with Gasteiger partial charge in [0.1, 0.15) is 23.5 Å². The number of nitrogens with one attached hydrogen (secondary N) is 2. The molecule has 4 aliphatic heterocycles. The summed E-state index contributed by atoms with van der Waals surface area (Å²) >= 11 is 1.60. The molecule has 5 atom stereocenters. The Balaban J connectivity index is 0.742. The zero-order chi connectivity index (χ0) is 44.5. The van der Waals surface area contributed by atoms with Crippen molar-refractivity contribution in [1.82, 2.24) is 40.4 Å². The molecule has 64 heavy (non-hydrogen) atoms. The van der Waals surface area contributed by atoms with Gasteiger partial charge in [0.25, 0.3) is 0 Å². The fraction of sp³-hybridized carbons (Fsp3) is 0.500. The van der Waals surface area contributed by atoms with E-state index in [2.05, 4.69) is 51.7 Å². The molecule has 4 N–H and O–H groups in total. The standard InChI is InChI=1S/C48H60N10O5S/c1-29(2)44(48(62)58-27-37(59)23-41(58)47(61)51-30(3)32-11-13-33(14-12-32)45-31(4)50-28-64-45)43-22-34(54-63-43)8-7-17-55-18-15-35(16-19-55)56-20-21-57-36(26-56)25-49-46-40(57)24-39(52-53-46)38-9-5-6-10-42(38)60/h5-6,9-14,22,24,28-30,35-37,41,44,59-60H,7-8,15-21,23,25-27H2,1-4H3,(H,49,53)(H,51,61)/t30?,36-,37+,41-,44?/m0/s1. The Labute approximate surface area is 378 Å². The molecule has 16 heteroatoms. The molecule has 2 amide bonds. The van der Waals surface area contributed by atoms with Crippen molar-refractivity contribution in [2.75, 3.05) is 62.6 Å². The number of para-hydroxylation sites is 1. The van der Waals surface area contributed by atoms with Crippen LogP contribution in [0.15, 0.2) is 70.7 Å². The lowest BCUT2D eigenvalue weighted by molar-refractivity contribution is -0.141. The summed E-state index contributed by atoms with van der Waals surface area (Å²) in [4.78, 5) is 42.7. The third kappa shape index (κ3) is 9.23. The minimum atomic E-state index is -0.792. The van der Waals surface area contributed by atoms with Crippen molar-refractivity contribution < 1.29 is 24.3 Å². The summed E-state index contributed by atoms with van der Waals surface area (Å²) in [6.07, 6.45) is 3.33. The molecule has 9 rings (SSSR count). The van der Waals surface area contributed by atoms with Gasteiger partial charge in [0.2, 0.25) is 11.8 Å². The zero-order valence-electron chi connectivity index (χ0n) is 37.2. The van der Waals surface area contributed by atoms with E-state index in [1.807, 2.05) is 81.7 Å². The Kier molecular flexibility index (Phi) is 13.0. The monoisotopic (exact) mass is 888 g/mol. The van der Waals surface area contributed by atoms with Crippen molar-refractivity contribution in [3.05, 3.63) is 88.9 Å². The summed E-state index contributed by atoms with van der Waals surface area (Å²) in [6, 6.07) is 19.1. The number of thiazole rings is 1. The molecule has 15 nitrogen and oxygen atoms in total. The van der Waals surface area contributed by atoms with Gasteiger partial charge in [0, 0.05) is 56.8 Å². The van der Waals surface area contributed by atoms with Gasteiger partial charge in [-0.2, -0.15) is 0 Å². The predicted molar refractivity (Wildman–Crippen MR) is 247 cm³/mol. The molecule has 3 fully saturated rings. The van der Waals surface area contributed by atoms with Crippen LogP contribution in [0.5, 0.6) is 5.75 Å². The number of piperidine rings is 1. The number of phenols is 1. The minimum absolute atomic E-state index is 0.0932. The first-order chi connectivity index (χ1) is 31.0. The lowest BCUT2D eigenvalue weighted by Crippen LogP contribution is -2.60. The van der Waals surface area contributed by atoms with Crippen molar-refractivity contribution in [2.24, 2.45) is 5.92 Å². The number of aryl methyl sites for hydroxylation is 2. The van der Waals surface area contributed by atoms with Crippen molar-refractivity contribution in [1.29, 1.82) is 0 Å². The molecule has 5 aromatic rings. The highest BCUT2D eigenvalue weighted by Crippen LogP contribution is 2.37. The maximum atomic E-state index is 14.3. The Morgan fingerprint density at radius 3 is 2.53 bits per heavy atom. The summed E-state index contributed by atoms with van der Waals surface area (Å²) in [5.74, 6) is 0.260. The first kappa shape index (κ1) is 43.8. The number of carbonyl (C=O) groups excluding carboxylic acids is 2. The number of phenolic OH excluding ortho intramolecular Hbond substituents is 1. The summed E-state index contributed by atoms with van der Waals surface area (Å²) in [7, 11) is 0. The highest BCUT2D eigenvalue weighted by atomic mass is 32.1. The Morgan fingerprint density at radius 1 is 0.984 bits per heavy atom. The van der Waals surface area contributed by atoms with Crippen LogP contribution in [0.4, 0.5) is 11.5 Å². The number of fused-ring (bicyclic) bond motifs is 3. The molecule has 2 unspecified atom stereocenters. The third-order valence-corrected chi connectivity index (χ3v) is 14.7. The third-order valence-electron chi connectivity index (χ3n) is 13.7. The van der Waals surface area contributed by atoms with E-state index in [0.29, 0.717) is 29.1 Å². The summed E-state index contributed by atoms with van der Waals surface area (Å²) in [5, 5.41) is 41.0. The second-order valence-electron chi connectivity index (χ2n) is 18.3. The maximum Gasteiger partial charge on any atom is 0.243 e. The SMILES string of the molecule is Cc1ncsc1-c1ccc(C(C)NC(=O)[C@@H]2C[C@@H](O)CN2C(=O)C(c2cc(CCCN3CCC(N4CCN5c6cc(-c7ccccc7O)nnc6NC[C@H]5C4)CC3)no2)C(C)C)cc1. The lowest BCUT2D eigenvalue weighted by Gasteiger charge is -2.49. The maximum absolute atomic E-state index is 14.3. The number of rotatable bonds is 13. The van der Waals surface area contributed by atoms with Crippen LogP contribution in [-0.2, 0) is 16.0 Å².